The quantitative estimate of drug-likeness (QED) is 0.827. The summed E-state index contributed by atoms with van der Waals surface area (Å²) in [6.07, 6.45) is -0.0969. The molecule has 0 aromatic heterocycles. The van der Waals surface area contributed by atoms with E-state index in [4.69, 9.17) is 18.9 Å². The van der Waals surface area contributed by atoms with Crippen molar-refractivity contribution in [3.63, 3.8) is 0 Å². The number of benzene rings is 2. The van der Waals surface area contributed by atoms with E-state index in [1.807, 2.05) is 30.3 Å². The Kier molecular flexibility index (Phi) is 4.82. The second kappa shape index (κ2) is 7.78. The summed E-state index contributed by atoms with van der Waals surface area (Å²) in [6, 6.07) is 12.8. The number of hydrogen-bond acceptors (Lipinski definition) is 6. The number of carbonyl (C=O) groups is 2. The van der Waals surface area contributed by atoms with Crippen LogP contribution in [0.4, 0.5) is 5.69 Å². The predicted molar refractivity (Wildman–Crippen MR) is 107 cm³/mol. The molecule has 2 atom stereocenters. The number of para-hydroxylation sites is 2. The SMILES string of the molecule is O=C(NC[C@H]1COc2ccccc2O1)[C@@H]1CC(=O)N(c2ccc3c(c2)OCCO3)C1. The third-order valence-electron chi connectivity index (χ3n) is 5.40. The number of anilines is 1. The van der Waals surface area contributed by atoms with E-state index in [0.29, 0.717) is 61.6 Å². The summed E-state index contributed by atoms with van der Waals surface area (Å²) >= 11 is 0. The topological polar surface area (TPSA) is 86.3 Å². The molecule has 3 aliphatic rings. The Bertz CT molecular complexity index is 978. The van der Waals surface area contributed by atoms with Crippen LogP contribution in [0.1, 0.15) is 6.42 Å². The lowest BCUT2D eigenvalue weighted by atomic mass is 10.1. The number of ether oxygens (including phenoxy) is 4. The standard InChI is InChI=1S/C22H22N2O6/c25-21-9-14(12-24(21)15-5-6-18-20(10-15)28-8-7-27-18)22(26)23-11-16-13-29-17-3-1-2-4-19(17)30-16/h1-6,10,14,16H,7-9,11-13H2,(H,23,26)/t14-,16+/m1/s1. The van der Waals surface area contributed by atoms with Crippen molar-refractivity contribution in [1.82, 2.24) is 5.32 Å². The van der Waals surface area contributed by atoms with Crippen LogP contribution in [0.25, 0.3) is 0 Å². The van der Waals surface area contributed by atoms with Gasteiger partial charge in [0.25, 0.3) is 0 Å². The fourth-order valence-corrected chi connectivity index (χ4v) is 3.86. The third kappa shape index (κ3) is 3.60. The molecule has 156 valence electrons. The van der Waals surface area contributed by atoms with Crippen LogP contribution in [0.2, 0.25) is 0 Å². The van der Waals surface area contributed by atoms with Crippen LogP contribution < -0.4 is 29.2 Å². The number of fused-ring (bicyclic) bond motifs is 2. The van der Waals surface area contributed by atoms with Gasteiger partial charge < -0.3 is 29.2 Å². The second-order valence-corrected chi connectivity index (χ2v) is 7.48. The zero-order chi connectivity index (χ0) is 20.5. The molecule has 0 radical (unpaired) electrons. The zero-order valence-electron chi connectivity index (χ0n) is 16.3. The number of nitrogens with one attached hydrogen (secondary N) is 1. The van der Waals surface area contributed by atoms with Gasteiger partial charge >= 0.3 is 0 Å². The highest BCUT2D eigenvalue weighted by Crippen LogP contribution is 2.36. The van der Waals surface area contributed by atoms with E-state index in [-0.39, 0.29) is 24.3 Å². The van der Waals surface area contributed by atoms with Crippen molar-refractivity contribution in [2.75, 3.05) is 37.8 Å². The second-order valence-electron chi connectivity index (χ2n) is 7.48. The molecule has 2 aromatic carbocycles. The van der Waals surface area contributed by atoms with Crippen LogP contribution >= 0.6 is 0 Å². The molecular formula is C22H22N2O6. The maximum absolute atomic E-state index is 12.7. The maximum Gasteiger partial charge on any atom is 0.227 e. The van der Waals surface area contributed by atoms with Crippen molar-refractivity contribution < 1.29 is 28.5 Å². The van der Waals surface area contributed by atoms with Crippen LogP contribution in [0.15, 0.2) is 42.5 Å². The normalized spacial score (nSPS) is 22.0. The van der Waals surface area contributed by atoms with E-state index >= 15 is 0 Å². The minimum absolute atomic E-state index is 0.0852. The van der Waals surface area contributed by atoms with E-state index in [0.717, 1.165) is 0 Å². The highest BCUT2D eigenvalue weighted by atomic mass is 16.6. The minimum Gasteiger partial charge on any atom is -0.486 e. The molecule has 0 spiro atoms. The zero-order valence-corrected chi connectivity index (χ0v) is 16.3. The van der Waals surface area contributed by atoms with Gasteiger partial charge in [-0.1, -0.05) is 12.1 Å². The van der Waals surface area contributed by atoms with E-state index < -0.39 is 5.92 Å². The molecule has 1 saturated heterocycles. The molecule has 1 N–H and O–H groups in total. The Balaban J connectivity index is 1.18. The Labute approximate surface area is 173 Å². The highest BCUT2D eigenvalue weighted by Gasteiger charge is 2.36. The third-order valence-corrected chi connectivity index (χ3v) is 5.40. The number of hydrogen-bond donors (Lipinski definition) is 1. The van der Waals surface area contributed by atoms with Gasteiger partial charge in [-0.2, -0.15) is 0 Å². The molecule has 0 saturated carbocycles. The van der Waals surface area contributed by atoms with E-state index in [9.17, 15) is 9.59 Å². The molecule has 2 aromatic rings. The van der Waals surface area contributed by atoms with Gasteiger partial charge in [0.05, 0.1) is 12.5 Å². The summed E-state index contributed by atoms with van der Waals surface area (Å²) in [5.74, 6) is 2.00. The number of carbonyl (C=O) groups excluding carboxylic acids is 2. The molecule has 8 heteroatoms. The van der Waals surface area contributed by atoms with Gasteiger partial charge in [0.2, 0.25) is 11.8 Å². The van der Waals surface area contributed by atoms with E-state index in [1.165, 1.54) is 0 Å². The summed E-state index contributed by atoms with van der Waals surface area (Å²) < 4.78 is 22.7. The van der Waals surface area contributed by atoms with Crippen molar-refractivity contribution >= 4 is 17.5 Å². The lowest BCUT2D eigenvalue weighted by Crippen LogP contribution is -2.43. The van der Waals surface area contributed by atoms with Crippen molar-refractivity contribution in [2.45, 2.75) is 12.5 Å². The molecule has 2 amide bonds. The fourth-order valence-electron chi connectivity index (χ4n) is 3.86. The lowest BCUT2D eigenvalue weighted by Gasteiger charge is -2.27. The molecule has 0 aliphatic carbocycles. The molecule has 0 bridgehead atoms. The molecule has 30 heavy (non-hydrogen) atoms. The average Bonchev–Trinajstić information content (AvgIpc) is 3.18. The molecule has 1 fully saturated rings. The summed E-state index contributed by atoms with van der Waals surface area (Å²) in [6.45, 7) is 2.01. The van der Waals surface area contributed by atoms with Gasteiger partial charge in [-0.25, -0.2) is 0 Å². The molecule has 0 unspecified atom stereocenters. The first-order valence-corrected chi connectivity index (χ1v) is 10.0. The lowest BCUT2D eigenvalue weighted by molar-refractivity contribution is -0.126. The van der Waals surface area contributed by atoms with Crippen LogP contribution in [0, 0.1) is 5.92 Å². The van der Waals surface area contributed by atoms with Gasteiger partial charge in [0.1, 0.15) is 25.9 Å². The molecular weight excluding hydrogens is 388 g/mol. The summed E-state index contributed by atoms with van der Waals surface area (Å²) in [5.41, 5.74) is 0.708. The Hall–Kier alpha value is -3.42. The summed E-state index contributed by atoms with van der Waals surface area (Å²) in [7, 11) is 0. The van der Waals surface area contributed by atoms with Gasteiger partial charge in [-0.15, -0.1) is 0 Å². The number of nitrogens with zero attached hydrogens (tertiary/aromatic N) is 1. The first-order chi connectivity index (χ1) is 14.7. The van der Waals surface area contributed by atoms with E-state index in [1.54, 1.807) is 17.0 Å². The van der Waals surface area contributed by atoms with Gasteiger partial charge in [0.15, 0.2) is 23.0 Å². The monoisotopic (exact) mass is 410 g/mol. The van der Waals surface area contributed by atoms with Gasteiger partial charge in [-0.05, 0) is 24.3 Å². The molecule has 8 nitrogen and oxygen atoms in total. The Morgan fingerprint density at radius 2 is 1.77 bits per heavy atom. The van der Waals surface area contributed by atoms with Crippen molar-refractivity contribution in [3.05, 3.63) is 42.5 Å². The highest BCUT2D eigenvalue weighted by molar-refractivity contribution is 6.00. The summed E-state index contributed by atoms with van der Waals surface area (Å²) in [4.78, 5) is 26.8. The number of rotatable bonds is 4. The predicted octanol–water partition coefficient (Wildman–Crippen LogP) is 1.77. The number of amides is 2. The van der Waals surface area contributed by atoms with Crippen LogP contribution in [0.3, 0.4) is 0 Å². The average molecular weight is 410 g/mol. The largest absolute Gasteiger partial charge is 0.486 e. The van der Waals surface area contributed by atoms with Crippen LogP contribution in [-0.4, -0.2) is 50.8 Å². The molecule has 3 heterocycles. The Morgan fingerprint density at radius 3 is 2.63 bits per heavy atom. The van der Waals surface area contributed by atoms with E-state index in [2.05, 4.69) is 5.32 Å². The van der Waals surface area contributed by atoms with Gasteiger partial charge in [0, 0.05) is 24.7 Å². The maximum atomic E-state index is 12.7. The van der Waals surface area contributed by atoms with Crippen LogP contribution in [-0.2, 0) is 9.59 Å². The van der Waals surface area contributed by atoms with Crippen molar-refractivity contribution in [2.24, 2.45) is 5.92 Å². The smallest absolute Gasteiger partial charge is 0.227 e. The van der Waals surface area contributed by atoms with Crippen molar-refractivity contribution in [3.8, 4) is 23.0 Å². The minimum atomic E-state index is -0.414. The van der Waals surface area contributed by atoms with Crippen LogP contribution in [0.5, 0.6) is 23.0 Å². The van der Waals surface area contributed by atoms with Gasteiger partial charge in [-0.3, -0.25) is 9.59 Å². The molecule has 3 aliphatic heterocycles. The first kappa shape index (κ1) is 18.6. The Morgan fingerprint density at radius 1 is 1.00 bits per heavy atom. The van der Waals surface area contributed by atoms with Crippen molar-refractivity contribution in [1.29, 1.82) is 0 Å². The first-order valence-electron chi connectivity index (χ1n) is 10.0. The summed E-state index contributed by atoms with van der Waals surface area (Å²) in [5, 5.41) is 2.90. The fraction of sp³-hybridized carbons (Fsp3) is 0.364. The molecule has 5 rings (SSSR count).